The first kappa shape index (κ1) is 19.6. The van der Waals surface area contributed by atoms with E-state index in [-0.39, 0.29) is 5.75 Å². The summed E-state index contributed by atoms with van der Waals surface area (Å²) < 4.78 is 47.4. The van der Waals surface area contributed by atoms with Crippen LogP contribution in [0.2, 0.25) is 0 Å². The summed E-state index contributed by atoms with van der Waals surface area (Å²) in [4.78, 5) is 23.4. The van der Waals surface area contributed by atoms with Crippen LogP contribution in [0.1, 0.15) is 31.2 Å². The van der Waals surface area contributed by atoms with Gasteiger partial charge in [-0.1, -0.05) is 6.07 Å². The van der Waals surface area contributed by atoms with Crippen molar-refractivity contribution in [3.05, 3.63) is 29.8 Å². The predicted molar refractivity (Wildman–Crippen MR) is 82.9 cm³/mol. The van der Waals surface area contributed by atoms with Crippen molar-refractivity contribution in [1.29, 1.82) is 5.26 Å². The zero-order valence-corrected chi connectivity index (χ0v) is 13.8. The molecule has 26 heavy (non-hydrogen) atoms. The highest BCUT2D eigenvalue weighted by Crippen LogP contribution is 2.31. The summed E-state index contributed by atoms with van der Waals surface area (Å²) >= 11 is 0. The van der Waals surface area contributed by atoms with Crippen molar-refractivity contribution >= 4 is 11.9 Å². The Bertz CT molecular complexity index is 707. The van der Waals surface area contributed by atoms with E-state index in [1.165, 1.54) is 6.07 Å². The van der Waals surface area contributed by atoms with Crippen molar-refractivity contribution in [2.75, 3.05) is 13.2 Å². The second kappa shape index (κ2) is 8.08. The number of ether oxygens (including phenoxy) is 2. The van der Waals surface area contributed by atoms with E-state index in [1.807, 2.05) is 0 Å². The highest BCUT2D eigenvalue weighted by molar-refractivity contribution is 5.81. The zero-order valence-electron chi connectivity index (χ0n) is 13.8. The van der Waals surface area contributed by atoms with Crippen LogP contribution in [-0.2, 0) is 20.5 Å². The average molecular weight is 370 g/mol. The number of carbonyl (C=O) groups excluding carboxylic acids is 2. The topological polar surface area (TPSA) is 88.4 Å². The van der Waals surface area contributed by atoms with Crippen LogP contribution in [0.3, 0.4) is 0 Å². The Balaban J connectivity index is 1.77. The number of halogens is 3. The molecule has 1 aliphatic rings. The highest BCUT2D eigenvalue weighted by Gasteiger charge is 2.35. The average Bonchev–Trinajstić information content (AvgIpc) is 3.06. The van der Waals surface area contributed by atoms with Crippen LogP contribution >= 0.6 is 0 Å². The lowest BCUT2D eigenvalue weighted by molar-refractivity contribution is -0.150. The fourth-order valence-corrected chi connectivity index (χ4v) is 2.64. The minimum absolute atomic E-state index is 0.143. The number of amides is 1. The van der Waals surface area contributed by atoms with Gasteiger partial charge in [0.25, 0.3) is 5.91 Å². The standard InChI is InChI=1S/C17H17F3N2O4/c18-17(19,20)12-4-3-5-13(8-12)25-10-15(24)26-9-14(23)22-16(11-21)6-1-2-7-16/h3-5,8H,1-2,6-7,9-10H2,(H,22,23). The molecule has 1 aromatic carbocycles. The van der Waals surface area contributed by atoms with Gasteiger partial charge < -0.3 is 14.8 Å². The number of nitriles is 1. The fraction of sp³-hybridized carbons (Fsp3) is 0.471. The van der Waals surface area contributed by atoms with E-state index in [9.17, 15) is 22.8 Å². The normalized spacial score (nSPS) is 15.8. The van der Waals surface area contributed by atoms with Gasteiger partial charge in [-0.2, -0.15) is 18.4 Å². The number of esters is 1. The number of rotatable bonds is 6. The van der Waals surface area contributed by atoms with Crippen molar-refractivity contribution in [2.24, 2.45) is 0 Å². The van der Waals surface area contributed by atoms with Gasteiger partial charge >= 0.3 is 12.1 Å². The van der Waals surface area contributed by atoms with Gasteiger partial charge in [-0.15, -0.1) is 0 Å². The lowest BCUT2D eigenvalue weighted by atomic mass is 10.00. The van der Waals surface area contributed by atoms with E-state index in [1.54, 1.807) is 0 Å². The first-order chi connectivity index (χ1) is 12.2. The third kappa shape index (κ3) is 5.37. The lowest BCUT2D eigenvalue weighted by Gasteiger charge is -2.21. The molecule has 0 atom stereocenters. The maximum atomic E-state index is 12.6. The molecule has 0 saturated heterocycles. The van der Waals surface area contributed by atoms with Crippen LogP contribution in [-0.4, -0.2) is 30.6 Å². The minimum atomic E-state index is -4.52. The first-order valence-electron chi connectivity index (χ1n) is 7.92. The molecule has 0 bridgehead atoms. The SMILES string of the molecule is N#CC1(NC(=O)COC(=O)COc2cccc(C(F)(F)F)c2)CCCC1. The predicted octanol–water partition coefficient (Wildman–Crippen LogP) is 2.58. The molecule has 0 spiro atoms. The second-order valence-electron chi connectivity index (χ2n) is 5.92. The maximum absolute atomic E-state index is 12.6. The van der Waals surface area contributed by atoms with Crippen LogP contribution in [0.25, 0.3) is 0 Å². The molecular weight excluding hydrogens is 353 g/mol. The molecule has 0 radical (unpaired) electrons. The molecule has 0 unspecified atom stereocenters. The van der Waals surface area contributed by atoms with Gasteiger partial charge in [0.15, 0.2) is 13.2 Å². The molecule has 1 N–H and O–H groups in total. The van der Waals surface area contributed by atoms with Gasteiger partial charge in [-0.3, -0.25) is 4.79 Å². The van der Waals surface area contributed by atoms with E-state index in [2.05, 4.69) is 11.4 Å². The summed E-state index contributed by atoms with van der Waals surface area (Å²) in [5.74, 6) is -1.66. The molecule has 9 heteroatoms. The van der Waals surface area contributed by atoms with E-state index < -0.39 is 42.4 Å². The van der Waals surface area contributed by atoms with Crippen LogP contribution in [0.15, 0.2) is 24.3 Å². The number of hydrogen-bond donors (Lipinski definition) is 1. The van der Waals surface area contributed by atoms with E-state index in [4.69, 9.17) is 14.7 Å². The van der Waals surface area contributed by atoms with Gasteiger partial charge in [-0.05, 0) is 43.9 Å². The van der Waals surface area contributed by atoms with Gasteiger partial charge in [0.2, 0.25) is 0 Å². The molecule has 2 rings (SSSR count). The monoisotopic (exact) mass is 370 g/mol. The molecule has 1 fully saturated rings. The van der Waals surface area contributed by atoms with Crippen molar-refractivity contribution in [3.63, 3.8) is 0 Å². The molecule has 0 aromatic heterocycles. The lowest BCUT2D eigenvalue weighted by Crippen LogP contribution is -2.46. The number of benzene rings is 1. The van der Waals surface area contributed by atoms with Crippen molar-refractivity contribution in [3.8, 4) is 11.8 Å². The number of carbonyl (C=O) groups is 2. The Morgan fingerprint density at radius 3 is 2.54 bits per heavy atom. The number of hydrogen-bond acceptors (Lipinski definition) is 5. The molecule has 1 aliphatic carbocycles. The number of alkyl halides is 3. The molecular formula is C17H17F3N2O4. The summed E-state index contributed by atoms with van der Waals surface area (Å²) in [6.45, 7) is -1.23. The first-order valence-corrected chi connectivity index (χ1v) is 7.92. The molecule has 1 aromatic rings. The molecule has 6 nitrogen and oxygen atoms in total. The number of nitrogens with zero attached hydrogens (tertiary/aromatic N) is 1. The zero-order chi connectivity index (χ0) is 19.2. The van der Waals surface area contributed by atoms with Crippen LogP contribution in [0.5, 0.6) is 5.75 Å². The summed E-state index contributed by atoms with van der Waals surface area (Å²) in [7, 11) is 0. The molecule has 1 saturated carbocycles. The smallest absolute Gasteiger partial charge is 0.416 e. The third-order valence-corrected chi connectivity index (χ3v) is 3.93. The largest absolute Gasteiger partial charge is 0.482 e. The molecule has 0 aliphatic heterocycles. The quantitative estimate of drug-likeness (QED) is 0.778. The Kier molecular flexibility index (Phi) is 6.08. The summed E-state index contributed by atoms with van der Waals surface area (Å²) in [5, 5.41) is 11.7. The van der Waals surface area contributed by atoms with Gasteiger partial charge in [-0.25, -0.2) is 4.79 Å². The van der Waals surface area contributed by atoms with E-state index in [0.29, 0.717) is 12.8 Å². The summed E-state index contributed by atoms with van der Waals surface area (Å²) in [6.07, 6.45) is -1.77. The van der Waals surface area contributed by atoms with Gasteiger partial charge in [0.05, 0.1) is 11.6 Å². The summed E-state index contributed by atoms with van der Waals surface area (Å²) in [5.41, 5.74) is -1.82. The Labute approximate surface area is 147 Å². The molecule has 0 heterocycles. The minimum Gasteiger partial charge on any atom is -0.482 e. The van der Waals surface area contributed by atoms with Crippen molar-refractivity contribution in [2.45, 2.75) is 37.4 Å². The molecule has 140 valence electrons. The van der Waals surface area contributed by atoms with Crippen LogP contribution < -0.4 is 10.1 Å². The Hall–Kier alpha value is -2.76. The number of nitrogens with one attached hydrogen (secondary N) is 1. The molecule has 1 amide bonds. The Morgan fingerprint density at radius 2 is 1.92 bits per heavy atom. The van der Waals surface area contributed by atoms with Crippen LogP contribution in [0, 0.1) is 11.3 Å². The van der Waals surface area contributed by atoms with Crippen molar-refractivity contribution in [1.82, 2.24) is 5.32 Å². The highest BCUT2D eigenvalue weighted by atomic mass is 19.4. The van der Waals surface area contributed by atoms with E-state index >= 15 is 0 Å². The Morgan fingerprint density at radius 1 is 1.23 bits per heavy atom. The third-order valence-electron chi connectivity index (χ3n) is 3.93. The van der Waals surface area contributed by atoms with E-state index in [0.717, 1.165) is 31.0 Å². The second-order valence-corrected chi connectivity index (χ2v) is 5.92. The van der Waals surface area contributed by atoms with Crippen molar-refractivity contribution < 1.29 is 32.2 Å². The van der Waals surface area contributed by atoms with Crippen LogP contribution in [0.4, 0.5) is 13.2 Å². The maximum Gasteiger partial charge on any atom is 0.416 e. The van der Waals surface area contributed by atoms with Gasteiger partial charge in [0.1, 0.15) is 11.3 Å². The fourth-order valence-electron chi connectivity index (χ4n) is 2.64. The van der Waals surface area contributed by atoms with Gasteiger partial charge in [0, 0.05) is 0 Å². The summed E-state index contributed by atoms with van der Waals surface area (Å²) in [6, 6.07) is 6.13.